The highest BCUT2D eigenvalue weighted by molar-refractivity contribution is 7.91. The third-order valence-corrected chi connectivity index (χ3v) is 6.18. The number of rotatable bonds is 5. The van der Waals surface area contributed by atoms with Gasteiger partial charge in [0.1, 0.15) is 0 Å². The lowest BCUT2D eigenvalue weighted by Gasteiger charge is -2.28. The Kier molecular flexibility index (Phi) is 5.76. The Morgan fingerprint density at radius 1 is 1.14 bits per heavy atom. The molecule has 144 valence electrons. The molecule has 8 heteroatoms. The maximum Gasteiger partial charge on any atom is 0.338 e. The Labute approximate surface area is 163 Å². The standard InChI is InChI=1S/C20H18N2O5S/c21-12-15-5-4-6-16(11-15)20(24)27-13-19(23)22(17-7-2-1-3-8-17)18-9-10-28(25,26)14-18/h1-8,11,18H,9-10,13-14H2/t18-/m1/s1. The van der Waals surface area contributed by atoms with Gasteiger partial charge < -0.3 is 9.64 Å². The van der Waals surface area contributed by atoms with E-state index in [1.165, 1.54) is 17.0 Å². The molecule has 0 aliphatic carbocycles. The number of ether oxygens (including phenoxy) is 1. The molecule has 0 aromatic heterocycles. The van der Waals surface area contributed by atoms with Gasteiger partial charge in [0.25, 0.3) is 5.91 Å². The number of nitriles is 1. The molecule has 0 radical (unpaired) electrons. The molecule has 2 aromatic rings. The van der Waals surface area contributed by atoms with Crippen molar-refractivity contribution in [3.8, 4) is 6.07 Å². The monoisotopic (exact) mass is 398 g/mol. The lowest BCUT2D eigenvalue weighted by molar-refractivity contribution is -0.122. The third kappa shape index (κ3) is 4.56. The first-order valence-corrected chi connectivity index (χ1v) is 10.5. The second-order valence-electron chi connectivity index (χ2n) is 6.42. The molecule has 1 saturated heterocycles. The second-order valence-corrected chi connectivity index (χ2v) is 8.65. The molecule has 1 atom stereocenters. The van der Waals surface area contributed by atoms with E-state index in [1.807, 2.05) is 6.07 Å². The van der Waals surface area contributed by atoms with Gasteiger partial charge in [-0.1, -0.05) is 24.3 Å². The number of hydrogen-bond donors (Lipinski definition) is 0. The van der Waals surface area contributed by atoms with Crippen molar-refractivity contribution in [2.24, 2.45) is 0 Å². The number of carbonyl (C=O) groups excluding carboxylic acids is 2. The summed E-state index contributed by atoms with van der Waals surface area (Å²) in [5.74, 6) is -1.32. The van der Waals surface area contributed by atoms with Gasteiger partial charge in [-0.3, -0.25) is 4.79 Å². The molecule has 1 fully saturated rings. The maximum atomic E-state index is 12.8. The molecule has 0 N–H and O–H groups in total. The van der Waals surface area contributed by atoms with Crippen LogP contribution < -0.4 is 4.90 Å². The molecule has 0 saturated carbocycles. The first-order chi connectivity index (χ1) is 13.4. The number of amides is 1. The van der Waals surface area contributed by atoms with E-state index in [4.69, 9.17) is 10.00 Å². The van der Waals surface area contributed by atoms with Gasteiger partial charge in [-0.15, -0.1) is 0 Å². The lowest BCUT2D eigenvalue weighted by atomic mass is 10.1. The summed E-state index contributed by atoms with van der Waals surface area (Å²) in [6.45, 7) is -0.527. The third-order valence-electron chi connectivity index (χ3n) is 4.43. The van der Waals surface area contributed by atoms with Crippen LogP contribution in [0.3, 0.4) is 0 Å². The fourth-order valence-electron chi connectivity index (χ4n) is 3.12. The highest BCUT2D eigenvalue weighted by atomic mass is 32.2. The quantitative estimate of drug-likeness (QED) is 0.713. The Morgan fingerprint density at radius 3 is 2.54 bits per heavy atom. The molecule has 7 nitrogen and oxygen atoms in total. The summed E-state index contributed by atoms with van der Waals surface area (Å²) in [6, 6.07) is 16.1. The summed E-state index contributed by atoms with van der Waals surface area (Å²) in [6.07, 6.45) is 0.334. The van der Waals surface area contributed by atoms with Crippen LogP contribution in [0.5, 0.6) is 0 Å². The number of anilines is 1. The zero-order valence-corrected chi connectivity index (χ0v) is 15.8. The minimum atomic E-state index is -3.20. The van der Waals surface area contributed by atoms with Crippen molar-refractivity contribution < 1.29 is 22.7 Å². The average molecular weight is 398 g/mol. The van der Waals surface area contributed by atoms with Gasteiger partial charge in [0.15, 0.2) is 16.4 Å². The number of nitrogens with zero attached hydrogens (tertiary/aromatic N) is 2. The number of esters is 1. The van der Waals surface area contributed by atoms with Crippen LogP contribution in [0.1, 0.15) is 22.3 Å². The van der Waals surface area contributed by atoms with Crippen molar-refractivity contribution in [1.29, 1.82) is 5.26 Å². The van der Waals surface area contributed by atoms with Gasteiger partial charge in [0, 0.05) is 5.69 Å². The molecule has 1 amide bonds. The number of para-hydroxylation sites is 1. The molecule has 28 heavy (non-hydrogen) atoms. The molecular weight excluding hydrogens is 380 g/mol. The van der Waals surface area contributed by atoms with Crippen LogP contribution in [0.15, 0.2) is 54.6 Å². The van der Waals surface area contributed by atoms with Crippen LogP contribution in [-0.2, 0) is 19.4 Å². The maximum absolute atomic E-state index is 12.8. The summed E-state index contributed by atoms with van der Waals surface area (Å²) in [5.41, 5.74) is 1.03. The summed E-state index contributed by atoms with van der Waals surface area (Å²) >= 11 is 0. The smallest absolute Gasteiger partial charge is 0.338 e. The first-order valence-electron chi connectivity index (χ1n) is 8.64. The van der Waals surface area contributed by atoms with Gasteiger partial charge in [-0.2, -0.15) is 5.26 Å². The van der Waals surface area contributed by atoms with Crippen LogP contribution in [-0.4, -0.2) is 44.4 Å². The number of benzene rings is 2. The van der Waals surface area contributed by atoms with E-state index < -0.39 is 34.4 Å². The molecule has 1 aliphatic heterocycles. The van der Waals surface area contributed by atoms with Crippen molar-refractivity contribution in [3.63, 3.8) is 0 Å². The van der Waals surface area contributed by atoms with E-state index in [-0.39, 0.29) is 17.1 Å². The van der Waals surface area contributed by atoms with Gasteiger partial charge in [0.05, 0.1) is 34.7 Å². The Hall–Kier alpha value is -3.18. The van der Waals surface area contributed by atoms with E-state index in [2.05, 4.69) is 0 Å². The normalized spacial score (nSPS) is 17.5. The fraction of sp³-hybridized carbons (Fsp3) is 0.250. The van der Waals surface area contributed by atoms with Crippen LogP contribution in [0.4, 0.5) is 5.69 Å². The van der Waals surface area contributed by atoms with Gasteiger partial charge >= 0.3 is 5.97 Å². The molecule has 1 heterocycles. The molecule has 3 rings (SSSR count). The largest absolute Gasteiger partial charge is 0.452 e. The molecule has 0 unspecified atom stereocenters. The highest BCUT2D eigenvalue weighted by Crippen LogP contribution is 2.24. The van der Waals surface area contributed by atoms with Crippen LogP contribution in [0.25, 0.3) is 0 Å². The average Bonchev–Trinajstić information content (AvgIpc) is 3.06. The van der Waals surface area contributed by atoms with Crippen LogP contribution in [0.2, 0.25) is 0 Å². The second kappa shape index (κ2) is 8.23. The predicted molar refractivity (Wildman–Crippen MR) is 102 cm³/mol. The number of sulfone groups is 1. The SMILES string of the molecule is N#Cc1cccc(C(=O)OCC(=O)N(c2ccccc2)[C@@H]2CCS(=O)(=O)C2)c1. The summed E-state index contributed by atoms with van der Waals surface area (Å²) < 4.78 is 28.8. The lowest BCUT2D eigenvalue weighted by Crippen LogP contribution is -2.43. The molecule has 2 aromatic carbocycles. The molecular formula is C20H18N2O5S. The van der Waals surface area contributed by atoms with Crippen LogP contribution in [0, 0.1) is 11.3 Å². The molecule has 1 aliphatic rings. The van der Waals surface area contributed by atoms with Gasteiger partial charge in [-0.25, -0.2) is 13.2 Å². The Balaban J connectivity index is 1.75. The van der Waals surface area contributed by atoms with E-state index >= 15 is 0 Å². The zero-order chi connectivity index (χ0) is 20.1. The minimum absolute atomic E-state index is 0.0228. The van der Waals surface area contributed by atoms with Crippen molar-refractivity contribution in [2.75, 3.05) is 23.0 Å². The molecule has 0 bridgehead atoms. The zero-order valence-electron chi connectivity index (χ0n) is 14.9. The van der Waals surface area contributed by atoms with Crippen molar-refractivity contribution >= 4 is 27.4 Å². The fourth-order valence-corrected chi connectivity index (χ4v) is 4.82. The van der Waals surface area contributed by atoms with Crippen molar-refractivity contribution in [3.05, 3.63) is 65.7 Å². The van der Waals surface area contributed by atoms with E-state index in [9.17, 15) is 18.0 Å². The number of hydrogen-bond acceptors (Lipinski definition) is 6. The Bertz CT molecular complexity index is 1030. The van der Waals surface area contributed by atoms with E-state index in [0.29, 0.717) is 17.7 Å². The topological polar surface area (TPSA) is 105 Å². The highest BCUT2D eigenvalue weighted by Gasteiger charge is 2.35. The summed E-state index contributed by atoms with van der Waals surface area (Å²) in [5, 5.41) is 8.91. The van der Waals surface area contributed by atoms with Gasteiger partial charge in [0.2, 0.25) is 0 Å². The van der Waals surface area contributed by atoms with E-state index in [1.54, 1.807) is 42.5 Å². The van der Waals surface area contributed by atoms with E-state index in [0.717, 1.165) is 0 Å². The summed E-state index contributed by atoms with van der Waals surface area (Å²) in [7, 11) is -3.20. The minimum Gasteiger partial charge on any atom is -0.452 e. The predicted octanol–water partition coefficient (Wildman–Crippen LogP) is 1.94. The molecule has 0 spiro atoms. The first kappa shape index (κ1) is 19.6. The Morgan fingerprint density at radius 2 is 1.89 bits per heavy atom. The van der Waals surface area contributed by atoms with Gasteiger partial charge in [-0.05, 0) is 36.8 Å². The van der Waals surface area contributed by atoms with Crippen LogP contribution >= 0.6 is 0 Å². The van der Waals surface area contributed by atoms with Crippen molar-refractivity contribution in [1.82, 2.24) is 0 Å². The summed E-state index contributed by atoms with van der Waals surface area (Å²) in [4.78, 5) is 26.4. The van der Waals surface area contributed by atoms with Crippen molar-refractivity contribution in [2.45, 2.75) is 12.5 Å². The number of carbonyl (C=O) groups is 2.